The van der Waals surface area contributed by atoms with Gasteiger partial charge >= 0.3 is 0 Å². The number of fused-ring (bicyclic) bond motifs is 2. The predicted molar refractivity (Wildman–Crippen MR) is 68.0 cm³/mol. The van der Waals surface area contributed by atoms with Gasteiger partial charge in [0.05, 0.1) is 6.20 Å². The second-order valence-corrected chi connectivity index (χ2v) is 5.11. The zero-order chi connectivity index (χ0) is 11.7. The highest BCUT2D eigenvalue weighted by Gasteiger charge is 2.36. The standard InChI is InChI=1S/C13H20N4/c1-2-17(13-9-14-5-6-15-13)12-7-10-3-4-11(8-12)16-10/h5-6,9-12,16H,2-4,7-8H2,1H3. The molecule has 0 amide bonds. The lowest BCUT2D eigenvalue weighted by atomic mass is 9.98. The molecule has 0 spiro atoms. The fraction of sp³-hybridized carbons (Fsp3) is 0.692. The van der Waals surface area contributed by atoms with Crippen LogP contribution >= 0.6 is 0 Å². The molecule has 0 radical (unpaired) electrons. The molecule has 3 rings (SSSR count). The molecule has 1 N–H and O–H groups in total. The highest BCUT2D eigenvalue weighted by molar-refractivity contribution is 5.37. The third kappa shape index (κ3) is 2.14. The van der Waals surface area contributed by atoms with Gasteiger partial charge in [0, 0.05) is 37.1 Å². The van der Waals surface area contributed by atoms with Crippen molar-refractivity contribution in [3.05, 3.63) is 18.6 Å². The first kappa shape index (κ1) is 11.0. The van der Waals surface area contributed by atoms with Gasteiger partial charge in [-0.05, 0) is 32.6 Å². The van der Waals surface area contributed by atoms with Crippen LogP contribution in [0.4, 0.5) is 5.82 Å². The number of anilines is 1. The van der Waals surface area contributed by atoms with Crippen molar-refractivity contribution in [2.45, 2.75) is 50.7 Å². The van der Waals surface area contributed by atoms with Crippen LogP contribution in [0.15, 0.2) is 18.6 Å². The minimum atomic E-state index is 0.635. The number of rotatable bonds is 3. The van der Waals surface area contributed by atoms with Gasteiger partial charge in [-0.3, -0.25) is 4.98 Å². The van der Waals surface area contributed by atoms with E-state index in [2.05, 4.69) is 27.1 Å². The molecule has 1 aromatic heterocycles. The van der Waals surface area contributed by atoms with Crippen LogP contribution in [0.25, 0.3) is 0 Å². The molecule has 92 valence electrons. The summed E-state index contributed by atoms with van der Waals surface area (Å²) in [6.07, 6.45) is 10.6. The van der Waals surface area contributed by atoms with Crippen LogP contribution in [0.3, 0.4) is 0 Å². The van der Waals surface area contributed by atoms with E-state index in [0.29, 0.717) is 6.04 Å². The summed E-state index contributed by atoms with van der Waals surface area (Å²) in [5, 5.41) is 3.69. The molecule has 3 heterocycles. The van der Waals surface area contributed by atoms with Gasteiger partial charge < -0.3 is 10.2 Å². The summed E-state index contributed by atoms with van der Waals surface area (Å²) in [6.45, 7) is 3.22. The molecule has 4 heteroatoms. The van der Waals surface area contributed by atoms with Gasteiger partial charge in [0.15, 0.2) is 0 Å². The minimum absolute atomic E-state index is 0.635. The Bertz CT molecular complexity index is 355. The molecule has 2 fully saturated rings. The van der Waals surface area contributed by atoms with Crippen molar-refractivity contribution < 1.29 is 0 Å². The Balaban J connectivity index is 1.77. The van der Waals surface area contributed by atoms with Crippen LogP contribution in [0.2, 0.25) is 0 Å². The maximum Gasteiger partial charge on any atom is 0.147 e. The molecular weight excluding hydrogens is 212 g/mol. The monoisotopic (exact) mass is 232 g/mol. The van der Waals surface area contributed by atoms with E-state index < -0.39 is 0 Å². The molecule has 2 aliphatic rings. The van der Waals surface area contributed by atoms with Crippen LogP contribution in [0.1, 0.15) is 32.6 Å². The van der Waals surface area contributed by atoms with Crippen molar-refractivity contribution >= 4 is 5.82 Å². The van der Waals surface area contributed by atoms with E-state index in [1.807, 2.05) is 6.20 Å². The predicted octanol–water partition coefficient (Wildman–Crippen LogP) is 1.59. The lowest BCUT2D eigenvalue weighted by Crippen LogP contribution is -2.48. The van der Waals surface area contributed by atoms with Crippen molar-refractivity contribution in [2.75, 3.05) is 11.4 Å². The largest absolute Gasteiger partial charge is 0.353 e. The van der Waals surface area contributed by atoms with Crippen molar-refractivity contribution in [1.29, 1.82) is 0 Å². The number of nitrogens with zero attached hydrogens (tertiary/aromatic N) is 3. The summed E-state index contributed by atoms with van der Waals surface area (Å²) in [5.74, 6) is 1.03. The number of nitrogens with one attached hydrogen (secondary N) is 1. The number of hydrogen-bond acceptors (Lipinski definition) is 4. The van der Waals surface area contributed by atoms with Gasteiger partial charge in [0.25, 0.3) is 0 Å². The lowest BCUT2D eigenvalue weighted by molar-refractivity contribution is 0.348. The van der Waals surface area contributed by atoms with Gasteiger partial charge in [-0.15, -0.1) is 0 Å². The quantitative estimate of drug-likeness (QED) is 0.859. The van der Waals surface area contributed by atoms with Gasteiger partial charge in [-0.1, -0.05) is 0 Å². The summed E-state index contributed by atoms with van der Waals surface area (Å²) in [4.78, 5) is 11.0. The van der Waals surface area contributed by atoms with E-state index in [9.17, 15) is 0 Å². The molecule has 17 heavy (non-hydrogen) atoms. The number of hydrogen-bond donors (Lipinski definition) is 1. The van der Waals surface area contributed by atoms with Crippen molar-refractivity contribution in [2.24, 2.45) is 0 Å². The molecule has 2 atom stereocenters. The second-order valence-electron chi connectivity index (χ2n) is 5.11. The summed E-state index contributed by atoms with van der Waals surface area (Å²) in [6, 6.07) is 2.09. The molecule has 0 saturated carbocycles. The molecule has 0 aliphatic carbocycles. The first-order valence-electron chi connectivity index (χ1n) is 6.65. The normalized spacial score (nSPS) is 31.5. The second kappa shape index (κ2) is 4.61. The molecule has 2 unspecified atom stereocenters. The molecular formula is C13H20N4. The topological polar surface area (TPSA) is 41.1 Å². The van der Waals surface area contributed by atoms with E-state index in [1.54, 1.807) is 12.4 Å². The average Bonchev–Trinajstić information content (AvgIpc) is 2.71. The Morgan fingerprint density at radius 1 is 1.29 bits per heavy atom. The van der Waals surface area contributed by atoms with Crippen molar-refractivity contribution in [3.8, 4) is 0 Å². The van der Waals surface area contributed by atoms with E-state index in [4.69, 9.17) is 0 Å². The molecule has 4 nitrogen and oxygen atoms in total. The summed E-state index contributed by atoms with van der Waals surface area (Å²) in [5.41, 5.74) is 0. The molecule has 1 aromatic rings. The SMILES string of the molecule is CCN(c1cnccn1)C1CC2CCC(C1)N2. The molecule has 2 aliphatic heterocycles. The first-order chi connectivity index (χ1) is 8.36. The van der Waals surface area contributed by atoms with E-state index >= 15 is 0 Å². The van der Waals surface area contributed by atoms with Crippen LogP contribution in [0.5, 0.6) is 0 Å². The molecule has 0 aromatic carbocycles. The summed E-state index contributed by atoms with van der Waals surface area (Å²) >= 11 is 0. The van der Waals surface area contributed by atoms with Gasteiger partial charge in [0.2, 0.25) is 0 Å². The van der Waals surface area contributed by atoms with E-state index in [1.165, 1.54) is 25.7 Å². The fourth-order valence-electron chi connectivity index (χ4n) is 3.33. The van der Waals surface area contributed by atoms with Gasteiger partial charge in [-0.2, -0.15) is 0 Å². The third-order valence-corrected chi connectivity index (χ3v) is 4.07. The van der Waals surface area contributed by atoms with Gasteiger partial charge in [0.1, 0.15) is 5.82 Å². The zero-order valence-electron chi connectivity index (χ0n) is 10.3. The average molecular weight is 232 g/mol. The van der Waals surface area contributed by atoms with Crippen molar-refractivity contribution in [1.82, 2.24) is 15.3 Å². The molecule has 2 bridgehead atoms. The smallest absolute Gasteiger partial charge is 0.147 e. The summed E-state index contributed by atoms with van der Waals surface area (Å²) in [7, 11) is 0. The van der Waals surface area contributed by atoms with E-state index in [0.717, 1.165) is 24.4 Å². The Kier molecular flexibility index (Phi) is 2.97. The minimum Gasteiger partial charge on any atom is -0.353 e. The third-order valence-electron chi connectivity index (χ3n) is 4.07. The maximum atomic E-state index is 4.44. The summed E-state index contributed by atoms with van der Waals surface area (Å²) < 4.78 is 0. The Hall–Kier alpha value is -1.16. The maximum absolute atomic E-state index is 4.44. The van der Waals surface area contributed by atoms with Crippen LogP contribution in [-0.4, -0.2) is 34.6 Å². The molecule has 2 saturated heterocycles. The highest BCUT2D eigenvalue weighted by atomic mass is 15.2. The van der Waals surface area contributed by atoms with E-state index in [-0.39, 0.29) is 0 Å². The first-order valence-corrected chi connectivity index (χ1v) is 6.65. The van der Waals surface area contributed by atoms with Crippen LogP contribution in [0, 0.1) is 0 Å². The fourth-order valence-corrected chi connectivity index (χ4v) is 3.33. The van der Waals surface area contributed by atoms with Crippen LogP contribution in [-0.2, 0) is 0 Å². The lowest BCUT2D eigenvalue weighted by Gasteiger charge is -2.37. The Labute approximate surface area is 102 Å². The van der Waals surface area contributed by atoms with Gasteiger partial charge in [-0.25, -0.2) is 4.98 Å². The zero-order valence-corrected chi connectivity index (χ0v) is 10.3. The number of aromatic nitrogens is 2. The Morgan fingerprint density at radius 3 is 2.65 bits per heavy atom. The Morgan fingerprint density at radius 2 is 2.06 bits per heavy atom. The van der Waals surface area contributed by atoms with Crippen molar-refractivity contribution in [3.63, 3.8) is 0 Å². The highest BCUT2D eigenvalue weighted by Crippen LogP contribution is 2.31. The number of piperidine rings is 1. The van der Waals surface area contributed by atoms with Crippen LogP contribution < -0.4 is 10.2 Å².